The van der Waals surface area contributed by atoms with Gasteiger partial charge in [-0.25, -0.2) is 4.90 Å². The first-order valence-corrected chi connectivity index (χ1v) is 4.25. The molecule has 0 fully saturated rings. The van der Waals surface area contributed by atoms with Gasteiger partial charge in [-0.3, -0.25) is 9.59 Å². The number of aliphatic hydroxyl groups is 1. The van der Waals surface area contributed by atoms with Crippen LogP contribution in [0.15, 0.2) is 12.2 Å². The van der Waals surface area contributed by atoms with Gasteiger partial charge in [-0.05, 0) is 12.3 Å². The molecule has 0 aromatic carbocycles. The van der Waals surface area contributed by atoms with Crippen molar-refractivity contribution >= 4 is 11.8 Å². The highest BCUT2D eigenvalue weighted by atomic mass is 16.3. The average Bonchev–Trinajstić information content (AvgIpc) is 2.29. The number of carbonyl (C=O) groups excluding carboxylic acids is 2. The van der Waals surface area contributed by atoms with E-state index in [0.29, 0.717) is 6.42 Å². The van der Waals surface area contributed by atoms with Crippen LogP contribution in [0.1, 0.15) is 20.3 Å². The topological polar surface area (TPSA) is 57.6 Å². The fourth-order valence-corrected chi connectivity index (χ4v) is 1.23. The lowest BCUT2D eigenvalue weighted by Gasteiger charge is -2.22. The molecule has 1 rings (SSSR count). The van der Waals surface area contributed by atoms with Crippen molar-refractivity contribution in [3.8, 4) is 0 Å². The van der Waals surface area contributed by atoms with E-state index < -0.39 is 18.0 Å². The fourth-order valence-electron chi connectivity index (χ4n) is 1.23. The molecular weight excluding hydrogens is 170 g/mol. The molecule has 13 heavy (non-hydrogen) atoms. The monoisotopic (exact) mass is 183 g/mol. The molecule has 0 radical (unpaired) electrons. The zero-order chi connectivity index (χ0) is 10.0. The molecular formula is C9H13NO3. The van der Waals surface area contributed by atoms with Gasteiger partial charge >= 0.3 is 0 Å². The molecule has 0 spiro atoms. The second kappa shape index (κ2) is 3.70. The standard InChI is InChI=1S/C9H13NO3/c1-6(2)5-9(13)10-7(11)3-4-8(10)12/h3-4,6,9,13H,5H2,1-2H3. The van der Waals surface area contributed by atoms with Crippen molar-refractivity contribution in [2.24, 2.45) is 5.92 Å². The van der Waals surface area contributed by atoms with Crippen molar-refractivity contribution in [2.45, 2.75) is 26.5 Å². The Labute approximate surface area is 76.8 Å². The molecule has 1 unspecified atom stereocenters. The summed E-state index contributed by atoms with van der Waals surface area (Å²) in [5.74, 6) is -0.618. The quantitative estimate of drug-likeness (QED) is 0.639. The van der Waals surface area contributed by atoms with Crippen LogP contribution in [0.2, 0.25) is 0 Å². The van der Waals surface area contributed by atoms with Gasteiger partial charge in [-0.15, -0.1) is 0 Å². The van der Waals surface area contributed by atoms with E-state index in [1.54, 1.807) is 0 Å². The van der Waals surface area contributed by atoms with Crippen molar-refractivity contribution in [2.75, 3.05) is 0 Å². The molecule has 0 saturated heterocycles. The molecule has 0 aromatic heterocycles. The summed E-state index contributed by atoms with van der Waals surface area (Å²) in [6.07, 6.45) is 1.77. The molecule has 1 heterocycles. The van der Waals surface area contributed by atoms with E-state index in [9.17, 15) is 14.7 Å². The van der Waals surface area contributed by atoms with Gasteiger partial charge in [0, 0.05) is 12.2 Å². The maximum Gasteiger partial charge on any atom is 0.255 e. The van der Waals surface area contributed by atoms with Crippen LogP contribution in [0.5, 0.6) is 0 Å². The van der Waals surface area contributed by atoms with Gasteiger partial charge in [-0.1, -0.05) is 13.8 Å². The van der Waals surface area contributed by atoms with Crippen LogP contribution < -0.4 is 0 Å². The number of hydrogen-bond acceptors (Lipinski definition) is 3. The number of amides is 2. The molecule has 4 heteroatoms. The minimum atomic E-state index is -0.991. The summed E-state index contributed by atoms with van der Waals surface area (Å²) >= 11 is 0. The number of carbonyl (C=O) groups is 2. The van der Waals surface area contributed by atoms with Gasteiger partial charge in [0.15, 0.2) is 0 Å². The highest BCUT2D eigenvalue weighted by Crippen LogP contribution is 2.13. The van der Waals surface area contributed by atoms with Gasteiger partial charge in [0.1, 0.15) is 6.23 Å². The minimum absolute atomic E-state index is 0.246. The lowest BCUT2D eigenvalue weighted by molar-refractivity contribution is -0.148. The van der Waals surface area contributed by atoms with Crippen molar-refractivity contribution < 1.29 is 14.7 Å². The number of nitrogens with zero attached hydrogens (tertiary/aromatic N) is 1. The molecule has 0 aromatic rings. The van der Waals surface area contributed by atoms with Crippen molar-refractivity contribution in [1.29, 1.82) is 0 Å². The van der Waals surface area contributed by atoms with Gasteiger partial charge in [0.05, 0.1) is 0 Å². The predicted octanol–water partition coefficient (Wildman–Crippen LogP) is 0.276. The molecule has 0 bridgehead atoms. The average molecular weight is 183 g/mol. The van der Waals surface area contributed by atoms with E-state index >= 15 is 0 Å². The van der Waals surface area contributed by atoms with Crippen LogP contribution in [0, 0.1) is 5.92 Å². The summed E-state index contributed by atoms with van der Waals surface area (Å²) in [4.78, 5) is 23.0. The Hall–Kier alpha value is -1.16. The highest BCUT2D eigenvalue weighted by Gasteiger charge is 2.29. The number of rotatable bonds is 3. The number of imide groups is 1. The van der Waals surface area contributed by atoms with Crippen LogP contribution in [-0.4, -0.2) is 28.0 Å². The summed E-state index contributed by atoms with van der Waals surface area (Å²) in [5.41, 5.74) is 0. The summed E-state index contributed by atoms with van der Waals surface area (Å²) in [5, 5.41) is 9.50. The van der Waals surface area contributed by atoms with E-state index in [0.717, 1.165) is 4.90 Å². The van der Waals surface area contributed by atoms with Crippen LogP contribution in [0.3, 0.4) is 0 Å². The summed E-state index contributed by atoms with van der Waals surface area (Å²) in [7, 11) is 0. The molecule has 1 aliphatic rings. The van der Waals surface area contributed by atoms with Gasteiger partial charge < -0.3 is 5.11 Å². The first-order valence-electron chi connectivity index (χ1n) is 4.25. The van der Waals surface area contributed by atoms with Crippen LogP contribution in [0.25, 0.3) is 0 Å². The zero-order valence-corrected chi connectivity index (χ0v) is 7.73. The van der Waals surface area contributed by atoms with Crippen LogP contribution in [0.4, 0.5) is 0 Å². The highest BCUT2D eigenvalue weighted by molar-refractivity contribution is 6.13. The smallest absolute Gasteiger partial charge is 0.255 e. The minimum Gasteiger partial charge on any atom is -0.373 e. The molecule has 72 valence electrons. The third-order valence-corrected chi connectivity index (χ3v) is 1.82. The van der Waals surface area contributed by atoms with Gasteiger partial charge in [0.25, 0.3) is 11.8 Å². The third kappa shape index (κ3) is 2.15. The second-order valence-electron chi connectivity index (χ2n) is 3.49. The van der Waals surface area contributed by atoms with Crippen molar-refractivity contribution in [3.05, 3.63) is 12.2 Å². The summed E-state index contributed by atoms with van der Waals surface area (Å²) in [6.45, 7) is 3.84. The van der Waals surface area contributed by atoms with Crippen LogP contribution in [-0.2, 0) is 9.59 Å². The Morgan fingerprint density at radius 2 is 1.77 bits per heavy atom. The Morgan fingerprint density at radius 3 is 2.15 bits per heavy atom. The van der Waals surface area contributed by atoms with E-state index in [2.05, 4.69) is 0 Å². The molecule has 0 saturated carbocycles. The van der Waals surface area contributed by atoms with Crippen LogP contribution >= 0.6 is 0 Å². The van der Waals surface area contributed by atoms with E-state index in [4.69, 9.17) is 0 Å². The first kappa shape index (κ1) is 9.92. The summed E-state index contributed by atoms with van der Waals surface area (Å²) in [6, 6.07) is 0. The van der Waals surface area contributed by atoms with Crippen molar-refractivity contribution in [3.63, 3.8) is 0 Å². The third-order valence-electron chi connectivity index (χ3n) is 1.82. The second-order valence-corrected chi connectivity index (χ2v) is 3.49. The SMILES string of the molecule is CC(C)CC(O)N1C(=O)C=CC1=O. The summed E-state index contributed by atoms with van der Waals surface area (Å²) < 4.78 is 0. The van der Waals surface area contributed by atoms with Crippen molar-refractivity contribution in [1.82, 2.24) is 4.90 Å². The lowest BCUT2D eigenvalue weighted by atomic mass is 10.1. The Kier molecular flexibility index (Phi) is 2.83. The van der Waals surface area contributed by atoms with E-state index in [1.165, 1.54) is 12.2 Å². The predicted molar refractivity (Wildman–Crippen MR) is 46.5 cm³/mol. The Balaban J connectivity index is 2.61. The largest absolute Gasteiger partial charge is 0.373 e. The van der Waals surface area contributed by atoms with E-state index in [-0.39, 0.29) is 5.92 Å². The normalized spacial score (nSPS) is 18.9. The molecule has 1 aliphatic heterocycles. The molecule has 1 atom stereocenters. The molecule has 0 aliphatic carbocycles. The Bertz CT molecular complexity index is 240. The fraction of sp³-hybridized carbons (Fsp3) is 0.556. The Morgan fingerprint density at radius 1 is 1.31 bits per heavy atom. The van der Waals surface area contributed by atoms with Gasteiger partial charge in [0.2, 0.25) is 0 Å². The van der Waals surface area contributed by atoms with Gasteiger partial charge in [-0.2, -0.15) is 0 Å². The lowest BCUT2D eigenvalue weighted by Crippen LogP contribution is -2.40. The maximum absolute atomic E-state index is 11.1. The van der Waals surface area contributed by atoms with E-state index in [1.807, 2.05) is 13.8 Å². The number of hydrogen-bond donors (Lipinski definition) is 1. The number of aliphatic hydroxyl groups excluding tert-OH is 1. The zero-order valence-electron chi connectivity index (χ0n) is 7.73. The molecule has 1 N–H and O–H groups in total. The molecule has 4 nitrogen and oxygen atoms in total. The maximum atomic E-state index is 11.1. The molecule has 2 amide bonds. The first-order chi connectivity index (χ1) is 6.02.